The molecular weight excluding hydrogens is 780 g/mol. The van der Waals surface area contributed by atoms with Crippen LogP contribution in [0.5, 0.6) is 23.0 Å². The SMILES string of the molecule is CCO[C@H](CO[C@H]1O[C@@H](CO)[C@H](OC(=O)/C=C\c2ccc(O)c(O)c2)[C@H](O[C@@H]2O[C@@H](C)[C@@H](O[C@H]3O[C@H](CO)[C@@H](O)[C@H](O)[C@H]3O)[C@H](O)[C@H]2O)[C@H]1O)c1ccc(O)c(O)c1. The third kappa shape index (κ3) is 10.3. The molecule has 0 amide bonds. The van der Waals surface area contributed by atoms with Gasteiger partial charge in [0.25, 0.3) is 0 Å². The van der Waals surface area contributed by atoms with E-state index in [-0.39, 0.29) is 24.5 Å². The third-order valence-corrected chi connectivity index (χ3v) is 9.82. The molecule has 0 aliphatic carbocycles. The molecule has 3 heterocycles. The van der Waals surface area contributed by atoms with Gasteiger partial charge in [0.1, 0.15) is 67.1 Å². The summed E-state index contributed by atoms with van der Waals surface area (Å²) < 4.78 is 45.9. The Bertz CT molecular complexity index is 1680. The molecule has 3 aliphatic rings. The van der Waals surface area contributed by atoms with Crippen molar-refractivity contribution in [2.45, 2.75) is 112 Å². The molecule has 2 aromatic rings. The molecule has 0 spiro atoms. The van der Waals surface area contributed by atoms with Gasteiger partial charge in [-0.2, -0.15) is 0 Å². The van der Waals surface area contributed by atoms with Crippen molar-refractivity contribution in [1.82, 2.24) is 0 Å². The Morgan fingerprint density at radius 1 is 0.690 bits per heavy atom. The highest BCUT2D eigenvalue weighted by Gasteiger charge is 2.54. The van der Waals surface area contributed by atoms with Crippen LogP contribution >= 0.6 is 0 Å². The number of hydrogen-bond acceptors (Lipinski definition) is 21. The summed E-state index contributed by atoms with van der Waals surface area (Å²) >= 11 is 0. The number of hydrogen-bond donors (Lipinski definition) is 12. The number of ether oxygens (including phenoxy) is 8. The first-order chi connectivity index (χ1) is 27.6. The average Bonchev–Trinajstić information content (AvgIpc) is 3.20. The highest BCUT2D eigenvalue weighted by Crippen LogP contribution is 2.35. The normalized spacial score (nSPS) is 36.1. The Balaban J connectivity index is 1.37. The zero-order valence-corrected chi connectivity index (χ0v) is 31.2. The molecule has 3 fully saturated rings. The van der Waals surface area contributed by atoms with Crippen molar-refractivity contribution >= 4 is 12.0 Å². The first-order valence-electron chi connectivity index (χ1n) is 18.3. The standard InChI is InChI=1S/C37H50O21/c1-3-51-24(17-6-8-19(41)21(43)11-17)14-52-35-31(50)34(33(23(13-39)55-35)56-25(44)9-5-16-4-7-18(40)20(42)10-16)58-36-30(49)28(47)32(15(2)53-36)57-37-29(48)27(46)26(45)22(12-38)54-37/h4-11,15,22-24,26-43,45-50H,3,12-14H2,1-2H3/b9-5-/t15-,22+,23-,24+,26+,27-,28+,29+,30+,31+,32+,33-,34+,35-,36-,37+/m0/s1. The third-order valence-electron chi connectivity index (χ3n) is 9.82. The van der Waals surface area contributed by atoms with Gasteiger partial charge >= 0.3 is 5.97 Å². The van der Waals surface area contributed by atoms with Crippen molar-refractivity contribution in [3.05, 3.63) is 53.6 Å². The molecule has 12 N–H and O–H groups in total. The number of phenolic OH excluding ortho intramolecular Hbond substituents is 4. The molecule has 324 valence electrons. The van der Waals surface area contributed by atoms with Gasteiger partial charge in [-0.1, -0.05) is 12.1 Å². The molecule has 0 saturated carbocycles. The Hall–Kier alpha value is -3.75. The molecule has 0 radical (unpaired) electrons. The summed E-state index contributed by atoms with van der Waals surface area (Å²) in [5.74, 6) is -2.74. The molecule has 58 heavy (non-hydrogen) atoms. The fourth-order valence-electron chi connectivity index (χ4n) is 6.62. The van der Waals surface area contributed by atoms with E-state index in [1.54, 1.807) is 6.92 Å². The van der Waals surface area contributed by atoms with Crippen molar-refractivity contribution in [2.24, 2.45) is 0 Å². The first kappa shape index (κ1) is 45.3. The van der Waals surface area contributed by atoms with Crippen LogP contribution in [0.4, 0.5) is 0 Å². The van der Waals surface area contributed by atoms with E-state index in [1.807, 2.05) is 0 Å². The van der Waals surface area contributed by atoms with Gasteiger partial charge < -0.3 is 99.2 Å². The molecule has 21 nitrogen and oxygen atoms in total. The molecule has 3 saturated heterocycles. The molecule has 0 aromatic heterocycles. The van der Waals surface area contributed by atoms with E-state index in [0.29, 0.717) is 5.56 Å². The van der Waals surface area contributed by atoms with Gasteiger partial charge in [0, 0.05) is 12.7 Å². The number of aromatic hydroxyl groups is 4. The second-order valence-electron chi connectivity index (χ2n) is 13.8. The summed E-state index contributed by atoms with van der Waals surface area (Å²) in [6.45, 7) is 1.29. The zero-order valence-electron chi connectivity index (χ0n) is 31.2. The molecule has 0 bridgehead atoms. The topological polar surface area (TPSA) is 334 Å². The minimum atomic E-state index is -1.99. The number of carbonyl (C=O) groups is 1. The largest absolute Gasteiger partial charge is 0.504 e. The first-order valence-corrected chi connectivity index (χ1v) is 18.3. The summed E-state index contributed by atoms with van der Waals surface area (Å²) in [6, 6.07) is 7.66. The van der Waals surface area contributed by atoms with E-state index in [0.717, 1.165) is 12.1 Å². The number of benzene rings is 2. The van der Waals surface area contributed by atoms with Gasteiger partial charge in [-0.15, -0.1) is 0 Å². The van der Waals surface area contributed by atoms with Crippen molar-refractivity contribution in [3.8, 4) is 23.0 Å². The second-order valence-corrected chi connectivity index (χ2v) is 13.8. The highest BCUT2D eigenvalue weighted by molar-refractivity contribution is 5.87. The predicted molar refractivity (Wildman–Crippen MR) is 190 cm³/mol. The van der Waals surface area contributed by atoms with Gasteiger partial charge in [0.15, 0.2) is 48.0 Å². The van der Waals surface area contributed by atoms with E-state index < -0.39 is 135 Å². The summed E-state index contributed by atoms with van der Waals surface area (Å²) in [4.78, 5) is 13.1. The maximum atomic E-state index is 13.1. The number of phenols is 4. The molecule has 3 aliphatic heterocycles. The van der Waals surface area contributed by atoms with Gasteiger partial charge in [0.05, 0.1) is 25.9 Å². The highest BCUT2D eigenvalue weighted by atomic mass is 16.8. The molecule has 21 heteroatoms. The van der Waals surface area contributed by atoms with Gasteiger partial charge in [-0.3, -0.25) is 0 Å². The Labute approximate surface area is 331 Å². The summed E-state index contributed by atoms with van der Waals surface area (Å²) in [5.41, 5.74) is 0.650. The van der Waals surface area contributed by atoms with Crippen molar-refractivity contribution < 1.29 is 104 Å². The molecule has 2 aromatic carbocycles. The van der Waals surface area contributed by atoms with Crippen molar-refractivity contribution in [1.29, 1.82) is 0 Å². The minimum Gasteiger partial charge on any atom is -0.504 e. The lowest BCUT2D eigenvalue weighted by Gasteiger charge is -2.48. The number of aliphatic hydroxyl groups is 8. The van der Waals surface area contributed by atoms with Crippen LogP contribution in [-0.4, -0.2) is 186 Å². The molecule has 5 rings (SSSR count). The molecule has 0 unspecified atom stereocenters. The van der Waals surface area contributed by atoms with E-state index in [2.05, 4.69) is 0 Å². The second kappa shape index (κ2) is 20.0. The molecule has 16 atom stereocenters. The van der Waals surface area contributed by atoms with Gasteiger partial charge in [0.2, 0.25) is 0 Å². The Morgan fingerprint density at radius 2 is 1.29 bits per heavy atom. The average molecular weight is 831 g/mol. The van der Waals surface area contributed by atoms with Crippen molar-refractivity contribution in [2.75, 3.05) is 26.4 Å². The number of aliphatic hydroxyl groups excluding tert-OH is 8. The number of esters is 1. The monoisotopic (exact) mass is 830 g/mol. The van der Waals surface area contributed by atoms with Crippen LogP contribution in [0.2, 0.25) is 0 Å². The smallest absolute Gasteiger partial charge is 0.331 e. The maximum Gasteiger partial charge on any atom is 0.331 e. The van der Waals surface area contributed by atoms with Crippen LogP contribution < -0.4 is 0 Å². The quantitative estimate of drug-likeness (QED) is 0.0495. The number of carbonyl (C=O) groups excluding carboxylic acids is 1. The lowest BCUT2D eigenvalue weighted by Crippen LogP contribution is -2.66. The maximum absolute atomic E-state index is 13.1. The van der Waals surface area contributed by atoms with Crippen molar-refractivity contribution in [3.63, 3.8) is 0 Å². The summed E-state index contributed by atoms with van der Waals surface area (Å²) in [6.07, 6.45) is -23.9. The van der Waals surface area contributed by atoms with Crippen LogP contribution in [-0.2, 0) is 42.7 Å². The fraction of sp³-hybridized carbons (Fsp3) is 0.595. The summed E-state index contributed by atoms with van der Waals surface area (Å²) in [7, 11) is 0. The van der Waals surface area contributed by atoms with E-state index in [1.165, 1.54) is 43.3 Å². The van der Waals surface area contributed by atoms with Gasteiger partial charge in [-0.25, -0.2) is 4.79 Å². The van der Waals surface area contributed by atoms with E-state index >= 15 is 0 Å². The lowest BCUT2D eigenvalue weighted by atomic mass is 9.96. The van der Waals surface area contributed by atoms with Crippen LogP contribution in [0.3, 0.4) is 0 Å². The minimum absolute atomic E-state index is 0.169. The Morgan fingerprint density at radius 3 is 1.93 bits per heavy atom. The number of rotatable bonds is 15. The fourth-order valence-corrected chi connectivity index (χ4v) is 6.62. The Kier molecular flexibility index (Phi) is 15.6. The van der Waals surface area contributed by atoms with Crippen LogP contribution in [0.1, 0.15) is 31.1 Å². The van der Waals surface area contributed by atoms with Crippen LogP contribution in [0, 0.1) is 0 Å². The van der Waals surface area contributed by atoms with Crippen LogP contribution in [0.25, 0.3) is 6.08 Å². The summed E-state index contributed by atoms with van der Waals surface area (Å²) in [5, 5.41) is 124. The van der Waals surface area contributed by atoms with Gasteiger partial charge in [-0.05, 0) is 55.3 Å². The van der Waals surface area contributed by atoms with Crippen LogP contribution in [0.15, 0.2) is 42.5 Å². The lowest BCUT2D eigenvalue weighted by molar-refractivity contribution is -0.377. The predicted octanol–water partition coefficient (Wildman–Crippen LogP) is -2.66. The van der Waals surface area contributed by atoms with E-state index in [4.69, 9.17) is 37.9 Å². The van der Waals surface area contributed by atoms with E-state index in [9.17, 15) is 66.1 Å². The molecular formula is C37H50O21. The zero-order chi connectivity index (χ0) is 42.4.